The summed E-state index contributed by atoms with van der Waals surface area (Å²) in [5, 5.41) is 10.2. The predicted molar refractivity (Wildman–Crippen MR) is 53.3 cm³/mol. The molecule has 82 valence electrons. The largest absolute Gasteiger partial charge is 0.480 e. The van der Waals surface area contributed by atoms with Gasteiger partial charge in [-0.25, -0.2) is 4.79 Å². The van der Waals surface area contributed by atoms with Gasteiger partial charge >= 0.3 is 12.1 Å². The van der Waals surface area contributed by atoms with Crippen LogP contribution >= 0.6 is 11.8 Å². The summed E-state index contributed by atoms with van der Waals surface area (Å²) in [4.78, 5) is 19.6. The van der Waals surface area contributed by atoms with E-state index in [9.17, 15) is 9.59 Å². The number of hydrogen-bond donors (Lipinski definition) is 3. The highest BCUT2D eigenvalue weighted by molar-refractivity contribution is 7.98. The van der Waals surface area contributed by atoms with Crippen molar-refractivity contribution in [2.45, 2.75) is 6.10 Å². The first-order chi connectivity index (χ1) is 6.60. The molecule has 0 aromatic heterocycles. The Bertz CT molecular complexity index is 200. The molecular formula is C7H14N2O4S. The Morgan fingerprint density at radius 1 is 1.86 bits per heavy atom. The molecule has 0 spiro atoms. The summed E-state index contributed by atoms with van der Waals surface area (Å²) >= 11 is 1.68. The molecule has 1 aliphatic rings. The lowest BCUT2D eigenvalue weighted by Crippen LogP contribution is -2.16. The van der Waals surface area contributed by atoms with Crippen molar-refractivity contribution >= 4 is 23.8 Å². The molecule has 0 saturated carbocycles. The molecule has 14 heavy (non-hydrogen) atoms. The van der Waals surface area contributed by atoms with Crippen molar-refractivity contribution in [1.82, 2.24) is 5.32 Å². The lowest BCUT2D eigenvalue weighted by Gasteiger charge is -2.02. The zero-order valence-corrected chi connectivity index (χ0v) is 8.67. The van der Waals surface area contributed by atoms with Gasteiger partial charge in [-0.05, 0) is 6.26 Å². The fourth-order valence-electron chi connectivity index (χ4n) is 0.711. The van der Waals surface area contributed by atoms with Crippen LogP contribution in [0.3, 0.4) is 0 Å². The standard InChI is InChI=1S/C5H9NO2S.C2H5NO2/c1-9-3-4-2-6-5(7)8-4;3-1-2(4)5/h4H,2-3H2,1H3,(H,6,7);1,3H2,(H,4,5). The zero-order chi connectivity index (χ0) is 11.0. The van der Waals surface area contributed by atoms with E-state index in [1.807, 2.05) is 6.26 Å². The fraction of sp³-hybridized carbons (Fsp3) is 0.714. The van der Waals surface area contributed by atoms with Gasteiger partial charge in [0, 0.05) is 5.75 Å². The number of nitrogens with one attached hydrogen (secondary N) is 1. The van der Waals surface area contributed by atoms with E-state index in [-0.39, 0.29) is 18.7 Å². The molecule has 0 aromatic carbocycles. The normalized spacial score (nSPS) is 19.0. The molecule has 0 aliphatic carbocycles. The summed E-state index contributed by atoms with van der Waals surface area (Å²) in [5.74, 6) is -0.0800. The van der Waals surface area contributed by atoms with Crippen molar-refractivity contribution < 1.29 is 19.4 Å². The molecule has 0 bridgehead atoms. The molecule has 4 N–H and O–H groups in total. The molecule has 0 radical (unpaired) electrons. The summed E-state index contributed by atoms with van der Waals surface area (Å²) in [6.07, 6.45) is 1.80. The van der Waals surface area contributed by atoms with Gasteiger partial charge in [-0.2, -0.15) is 11.8 Å². The fourth-order valence-corrected chi connectivity index (χ4v) is 1.27. The average molecular weight is 222 g/mol. The van der Waals surface area contributed by atoms with Gasteiger partial charge in [0.05, 0.1) is 13.1 Å². The Hall–Kier alpha value is -0.950. The molecule has 7 heteroatoms. The van der Waals surface area contributed by atoms with E-state index in [1.54, 1.807) is 11.8 Å². The van der Waals surface area contributed by atoms with Crippen LogP contribution in [0.15, 0.2) is 0 Å². The molecule has 1 aliphatic heterocycles. The van der Waals surface area contributed by atoms with Gasteiger partial charge in [0.15, 0.2) is 0 Å². The quantitative estimate of drug-likeness (QED) is 0.594. The van der Waals surface area contributed by atoms with Crippen LogP contribution in [-0.2, 0) is 9.53 Å². The van der Waals surface area contributed by atoms with Crippen LogP contribution in [0, 0.1) is 0 Å². The maximum Gasteiger partial charge on any atom is 0.407 e. The predicted octanol–water partition coefficient (Wildman–Crippen LogP) is -0.512. The molecule has 1 amide bonds. The van der Waals surface area contributed by atoms with E-state index in [1.165, 1.54) is 0 Å². The second kappa shape index (κ2) is 7.45. The van der Waals surface area contributed by atoms with Crippen LogP contribution < -0.4 is 11.1 Å². The average Bonchev–Trinajstić information content (AvgIpc) is 2.53. The van der Waals surface area contributed by atoms with Gasteiger partial charge in [0.2, 0.25) is 0 Å². The van der Waals surface area contributed by atoms with Gasteiger partial charge in [-0.1, -0.05) is 0 Å². The van der Waals surface area contributed by atoms with Crippen LogP contribution in [0.4, 0.5) is 4.79 Å². The van der Waals surface area contributed by atoms with Gasteiger partial charge in [-0.3, -0.25) is 4.79 Å². The monoisotopic (exact) mass is 222 g/mol. The maximum atomic E-state index is 10.4. The van der Waals surface area contributed by atoms with Gasteiger partial charge in [0.1, 0.15) is 6.10 Å². The Morgan fingerprint density at radius 3 is 2.71 bits per heavy atom. The number of rotatable bonds is 3. The molecule has 0 aromatic rings. The third-order valence-electron chi connectivity index (χ3n) is 1.27. The highest BCUT2D eigenvalue weighted by Crippen LogP contribution is 2.05. The van der Waals surface area contributed by atoms with E-state index < -0.39 is 5.97 Å². The van der Waals surface area contributed by atoms with Crippen molar-refractivity contribution in [2.24, 2.45) is 5.73 Å². The summed E-state index contributed by atoms with van der Waals surface area (Å²) in [6.45, 7) is 0.389. The third-order valence-corrected chi connectivity index (χ3v) is 1.98. The van der Waals surface area contributed by atoms with Crippen LogP contribution in [0.5, 0.6) is 0 Å². The molecule has 1 fully saturated rings. The molecule has 1 unspecified atom stereocenters. The summed E-state index contributed by atoms with van der Waals surface area (Å²) < 4.78 is 4.83. The number of thioether (sulfide) groups is 1. The summed E-state index contributed by atoms with van der Waals surface area (Å²) in [6, 6.07) is 0. The van der Waals surface area contributed by atoms with Crippen LogP contribution in [-0.4, -0.2) is 48.4 Å². The Balaban J connectivity index is 0.000000292. The number of hydrogen-bond acceptors (Lipinski definition) is 5. The molecule has 1 rings (SSSR count). The lowest BCUT2D eigenvalue weighted by atomic mass is 10.4. The van der Waals surface area contributed by atoms with Gasteiger partial charge < -0.3 is 20.9 Å². The topological polar surface area (TPSA) is 102 Å². The van der Waals surface area contributed by atoms with Crippen molar-refractivity contribution in [3.63, 3.8) is 0 Å². The van der Waals surface area contributed by atoms with E-state index in [4.69, 9.17) is 9.84 Å². The number of carboxylic acid groups (broad SMARTS) is 1. The smallest absolute Gasteiger partial charge is 0.407 e. The number of carboxylic acids is 1. The number of amides is 1. The first-order valence-corrected chi connectivity index (χ1v) is 5.34. The number of carbonyl (C=O) groups is 2. The summed E-state index contributed by atoms with van der Waals surface area (Å²) in [7, 11) is 0. The van der Waals surface area contributed by atoms with Gasteiger partial charge in [0.25, 0.3) is 0 Å². The highest BCUT2D eigenvalue weighted by atomic mass is 32.2. The minimum Gasteiger partial charge on any atom is -0.480 e. The van der Waals surface area contributed by atoms with Crippen molar-refractivity contribution in [2.75, 3.05) is 25.1 Å². The number of alkyl carbamates (subject to hydrolysis) is 1. The van der Waals surface area contributed by atoms with Crippen molar-refractivity contribution in [3.8, 4) is 0 Å². The zero-order valence-electron chi connectivity index (χ0n) is 7.86. The van der Waals surface area contributed by atoms with Crippen LogP contribution in [0.2, 0.25) is 0 Å². The summed E-state index contributed by atoms with van der Waals surface area (Å²) in [5.41, 5.74) is 4.57. The van der Waals surface area contributed by atoms with Crippen molar-refractivity contribution in [1.29, 1.82) is 0 Å². The number of cyclic esters (lactones) is 1. The van der Waals surface area contributed by atoms with Crippen LogP contribution in [0.25, 0.3) is 0 Å². The second-order valence-corrected chi connectivity index (χ2v) is 3.37. The van der Waals surface area contributed by atoms with Crippen LogP contribution in [0.1, 0.15) is 0 Å². The first kappa shape index (κ1) is 13.1. The molecule has 1 saturated heterocycles. The number of nitrogens with two attached hydrogens (primary N) is 1. The molecule has 1 atom stereocenters. The Morgan fingerprint density at radius 2 is 2.43 bits per heavy atom. The highest BCUT2D eigenvalue weighted by Gasteiger charge is 2.20. The molecule has 6 nitrogen and oxygen atoms in total. The SMILES string of the molecule is CSCC1CNC(=O)O1.NCC(=O)O. The van der Waals surface area contributed by atoms with Crippen molar-refractivity contribution in [3.05, 3.63) is 0 Å². The number of aliphatic carboxylic acids is 1. The Kier molecular flexibility index (Phi) is 6.95. The number of carbonyl (C=O) groups excluding carboxylic acids is 1. The van der Waals surface area contributed by atoms with Gasteiger partial charge in [-0.15, -0.1) is 0 Å². The molecule has 1 heterocycles. The van der Waals surface area contributed by atoms with E-state index >= 15 is 0 Å². The second-order valence-electron chi connectivity index (χ2n) is 2.46. The number of ether oxygens (including phenoxy) is 1. The molecular weight excluding hydrogens is 208 g/mol. The minimum atomic E-state index is -0.968. The lowest BCUT2D eigenvalue weighted by molar-refractivity contribution is -0.135. The van der Waals surface area contributed by atoms with E-state index in [0.717, 1.165) is 5.75 Å². The van der Waals surface area contributed by atoms with E-state index in [2.05, 4.69) is 11.1 Å². The maximum absolute atomic E-state index is 10.4. The van der Waals surface area contributed by atoms with E-state index in [0.29, 0.717) is 6.54 Å². The first-order valence-electron chi connectivity index (χ1n) is 3.95. The Labute approximate surface area is 86.2 Å². The third kappa shape index (κ3) is 6.55. The minimum absolute atomic E-state index is 0.0903.